The summed E-state index contributed by atoms with van der Waals surface area (Å²) in [7, 11) is 1.76. The van der Waals surface area contributed by atoms with Gasteiger partial charge < -0.3 is 10.6 Å². The Morgan fingerprint density at radius 1 is 1.00 bits per heavy atom. The van der Waals surface area contributed by atoms with Crippen molar-refractivity contribution >= 4 is 46.4 Å². The SMILES string of the molecule is Cc1ccccc1C(=O)N[C@@H](Nc1c(C)n(C)n(-c2ccccc2)c1=O)C(Cl)(Cl)Cl. The maximum Gasteiger partial charge on any atom is 0.295 e. The van der Waals surface area contributed by atoms with E-state index in [-0.39, 0.29) is 11.2 Å². The van der Waals surface area contributed by atoms with Crippen molar-refractivity contribution in [3.8, 4) is 5.69 Å². The molecule has 3 aromatic rings. The van der Waals surface area contributed by atoms with Crippen molar-refractivity contribution in [3.05, 3.63) is 81.8 Å². The zero-order valence-corrected chi connectivity index (χ0v) is 18.9. The second-order valence-corrected chi connectivity index (χ2v) is 9.21. The van der Waals surface area contributed by atoms with E-state index in [9.17, 15) is 9.59 Å². The van der Waals surface area contributed by atoms with E-state index in [1.54, 1.807) is 30.8 Å². The first-order chi connectivity index (χ1) is 14.1. The maximum atomic E-state index is 13.1. The Labute approximate surface area is 189 Å². The van der Waals surface area contributed by atoms with Crippen molar-refractivity contribution in [2.45, 2.75) is 23.8 Å². The number of alkyl halides is 3. The summed E-state index contributed by atoms with van der Waals surface area (Å²) in [6.45, 7) is 3.58. The zero-order chi connectivity index (χ0) is 22.1. The third kappa shape index (κ3) is 4.51. The average molecular weight is 468 g/mol. The summed E-state index contributed by atoms with van der Waals surface area (Å²) >= 11 is 18.4. The summed E-state index contributed by atoms with van der Waals surface area (Å²) in [6.07, 6.45) is -1.15. The van der Waals surface area contributed by atoms with Crippen molar-refractivity contribution in [1.82, 2.24) is 14.7 Å². The van der Waals surface area contributed by atoms with E-state index < -0.39 is 15.9 Å². The molecule has 0 unspecified atom stereocenters. The highest BCUT2D eigenvalue weighted by molar-refractivity contribution is 6.68. The molecule has 30 heavy (non-hydrogen) atoms. The fourth-order valence-electron chi connectivity index (χ4n) is 3.12. The molecule has 1 atom stereocenters. The van der Waals surface area contributed by atoms with Gasteiger partial charge in [-0.2, -0.15) is 0 Å². The van der Waals surface area contributed by atoms with Crippen molar-refractivity contribution < 1.29 is 4.79 Å². The Morgan fingerprint density at radius 2 is 1.60 bits per heavy atom. The predicted molar refractivity (Wildman–Crippen MR) is 122 cm³/mol. The minimum absolute atomic E-state index is 0.225. The molecule has 6 nitrogen and oxygen atoms in total. The number of anilines is 1. The van der Waals surface area contributed by atoms with Gasteiger partial charge in [0.25, 0.3) is 11.5 Å². The van der Waals surface area contributed by atoms with Crippen LogP contribution >= 0.6 is 34.8 Å². The third-order valence-electron chi connectivity index (χ3n) is 4.84. The van der Waals surface area contributed by atoms with Gasteiger partial charge in [0.2, 0.25) is 3.79 Å². The van der Waals surface area contributed by atoms with Gasteiger partial charge in [-0.1, -0.05) is 71.2 Å². The summed E-state index contributed by atoms with van der Waals surface area (Å²) in [6, 6.07) is 16.2. The molecule has 0 aliphatic heterocycles. The molecular formula is C21H21Cl3N4O2. The number of hydrogen-bond acceptors (Lipinski definition) is 3. The molecule has 0 aliphatic carbocycles. The van der Waals surface area contributed by atoms with Crippen LogP contribution in [-0.4, -0.2) is 25.2 Å². The fourth-order valence-corrected chi connectivity index (χ4v) is 3.44. The largest absolute Gasteiger partial charge is 0.356 e. The Hall–Kier alpha value is -2.41. The Balaban J connectivity index is 1.96. The van der Waals surface area contributed by atoms with Crippen LogP contribution in [0.2, 0.25) is 0 Å². The summed E-state index contributed by atoms with van der Waals surface area (Å²) in [4.78, 5) is 25.9. The van der Waals surface area contributed by atoms with Crippen LogP contribution in [0.3, 0.4) is 0 Å². The van der Waals surface area contributed by atoms with Crippen molar-refractivity contribution in [2.75, 3.05) is 5.32 Å². The number of rotatable bonds is 5. The Morgan fingerprint density at radius 3 is 2.20 bits per heavy atom. The summed E-state index contributed by atoms with van der Waals surface area (Å²) in [5, 5.41) is 5.61. The quantitative estimate of drug-likeness (QED) is 0.433. The number of para-hydroxylation sites is 1. The van der Waals surface area contributed by atoms with E-state index >= 15 is 0 Å². The van der Waals surface area contributed by atoms with Crippen LogP contribution in [0, 0.1) is 13.8 Å². The van der Waals surface area contributed by atoms with Crippen LogP contribution in [0.5, 0.6) is 0 Å². The molecule has 1 aromatic heterocycles. The molecule has 0 spiro atoms. The van der Waals surface area contributed by atoms with Crippen molar-refractivity contribution in [3.63, 3.8) is 0 Å². The number of hydrogen-bond donors (Lipinski definition) is 2. The lowest BCUT2D eigenvalue weighted by molar-refractivity contribution is 0.0941. The lowest BCUT2D eigenvalue weighted by atomic mass is 10.1. The van der Waals surface area contributed by atoms with Crippen LogP contribution < -0.4 is 16.2 Å². The second-order valence-electron chi connectivity index (χ2n) is 6.84. The standard InChI is InChI=1S/C21H21Cl3N4O2/c1-13-9-7-8-12-16(13)18(29)26-20(21(22,23)24)25-17-14(2)27(3)28(19(17)30)15-10-5-4-6-11-15/h4-12,20,25H,1-3H3,(H,26,29)/t20-/m1/s1. The summed E-state index contributed by atoms with van der Waals surface area (Å²) in [5.74, 6) is -0.422. The minimum Gasteiger partial charge on any atom is -0.356 e. The van der Waals surface area contributed by atoms with Gasteiger partial charge >= 0.3 is 0 Å². The molecule has 0 bridgehead atoms. The summed E-state index contributed by atoms with van der Waals surface area (Å²) < 4.78 is 1.28. The molecule has 2 N–H and O–H groups in total. The van der Waals surface area contributed by atoms with E-state index in [0.29, 0.717) is 16.9 Å². The van der Waals surface area contributed by atoms with Gasteiger partial charge in [-0.15, -0.1) is 0 Å². The molecule has 9 heteroatoms. The van der Waals surface area contributed by atoms with Crippen LogP contribution in [0.1, 0.15) is 21.6 Å². The van der Waals surface area contributed by atoms with Crippen LogP contribution in [0.4, 0.5) is 5.69 Å². The first-order valence-corrected chi connectivity index (χ1v) is 10.3. The van der Waals surface area contributed by atoms with E-state index in [1.807, 2.05) is 49.4 Å². The predicted octanol–water partition coefficient (Wildman–Crippen LogP) is 4.33. The second kappa shape index (κ2) is 8.76. The highest BCUT2D eigenvalue weighted by atomic mass is 35.6. The molecule has 0 fully saturated rings. The van der Waals surface area contributed by atoms with Gasteiger partial charge in [0.1, 0.15) is 11.9 Å². The number of carbonyl (C=O) groups is 1. The summed E-state index contributed by atoms with van der Waals surface area (Å²) in [5.41, 5.74) is 2.43. The Kier molecular flexibility index (Phi) is 6.50. The average Bonchev–Trinajstić information content (AvgIpc) is 2.90. The molecule has 158 valence electrons. The van der Waals surface area contributed by atoms with E-state index in [2.05, 4.69) is 10.6 Å². The molecule has 0 radical (unpaired) electrons. The molecule has 1 heterocycles. The molecular weight excluding hydrogens is 447 g/mol. The number of carbonyl (C=O) groups excluding carboxylic acids is 1. The Bertz CT molecular complexity index is 1120. The highest BCUT2D eigenvalue weighted by Crippen LogP contribution is 2.31. The number of nitrogens with zero attached hydrogens (tertiary/aromatic N) is 2. The van der Waals surface area contributed by atoms with Crippen LogP contribution in [-0.2, 0) is 7.05 Å². The number of aromatic nitrogens is 2. The van der Waals surface area contributed by atoms with Crippen molar-refractivity contribution in [2.24, 2.45) is 7.05 Å². The van der Waals surface area contributed by atoms with Gasteiger partial charge in [-0.25, -0.2) is 4.68 Å². The molecule has 0 aliphatic rings. The lowest BCUT2D eigenvalue weighted by Gasteiger charge is -2.27. The van der Waals surface area contributed by atoms with E-state index in [1.165, 1.54) is 4.68 Å². The van der Waals surface area contributed by atoms with Gasteiger partial charge in [-0.05, 0) is 37.6 Å². The third-order valence-corrected chi connectivity index (χ3v) is 5.49. The topological polar surface area (TPSA) is 68.1 Å². The van der Waals surface area contributed by atoms with Crippen LogP contribution in [0.25, 0.3) is 5.69 Å². The normalized spacial score (nSPS) is 12.5. The lowest BCUT2D eigenvalue weighted by Crippen LogP contribution is -2.50. The molecule has 3 rings (SSSR count). The minimum atomic E-state index is -1.91. The number of aryl methyl sites for hydroxylation is 1. The van der Waals surface area contributed by atoms with Crippen LogP contribution in [0.15, 0.2) is 59.4 Å². The monoisotopic (exact) mass is 466 g/mol. The first-order valence-electron chi connectivity index (χ1n) is 9.15. The molecule has 2 aromatic carbocycles. The number of amides is 1. The van der Waals surface area contributed by atoms with Gasteiger partial charge in [-0.3, -0.25) is 14.3 Å². The molecule has 0 saturated heterocycles. The van der Waals surface area contributed by atoms with Gasteiger partial charge in [0, 0.05) is 12.6 Å². The highest BCUT2D eigenvalue weighted by Gasteiger charge is 2.36. The maximum absolute atomic E-state index is 13.1. The van der Waals surface area contributed by atoms with Gasteiger partial charge in [0.05, 0.1) is 11.4 Å². The molecule has 0 saturated carbocycles. The van der Waals surface area contributed by atoms with Gasteiger partial charge in [0.15, 0.2) is 0 Å². The first kappa shape index (κ1) is 22.3. The number of nitrogens with one attached hydrogen (secondary N) is 2. The zero-order valence-electron chi connectivity index (χ0n) is 16.6. The van der Waals surface area contributed by atoms with Crippen molar-refractivity contribution in [1.29, 1.82) is 0 Å². The fraction of sp³-hybridized carbons (Fsp3) is 0.238. The smallest absolute Gasteiger partial charge is 0.295 e. The number of halogens is 3. The van der Waals surface area contributed by atoms with E-state index in [0.717, 1.165) is 5.56 Å². The molecule has 1 amide bonds. The van der Waals surface area contributed by atoms with E-state index in [4.69, 9.17) is 34.8 Å². The number of benzene rings is 2.